The molecule has 0 aliphatic rings. The normalized spacial score (nSPS) is 10.7. The molecular formula is C10H14N2O5. The minimum Gasteiger partial charge on any atom is -0.468 e. The Kier molecular flexibility index (Phi) is 7.04. The highest BCUT2D eigenvalue weighted by Crippen LogP contribution is 2.02. The van der Waals surface area contributed by atoms with Crippen LogP contribution < -0.4 is 5.73 Å². The van der Waals surface area contributed by atoms with Crippen LogP contribution >= 0.6 is 0 Å². The van der Waals surface area contributed by atoms with Gasteiger partial charge in [-0.05, 0) is 12.0 Å². The largest absolute Gasteiger partial charge is 0.468 e. The Morgan fingerprint density at radius 3 is 2.41 bits per heavy atom. The standard InChI is InChI=1S/C10H13NO2.HNO3/c1-13-10(12)9(11)7-8-5-3-2-4-6-8;2-1(3)4/h2-6,9H,7,11H2,1H3;(H,2,3,4)/t9-;/m0./s1. The molecule has 0 saturated carbocycles. The van der Waals surface area contributed by atoms with Crippen molar-refractivity contribution in [1.29, 1.82) is 0 Å². The van der Waals surface area contributed by atoms with E-state index in [1.54, 1.807) is 0 Å². The summed E-state index contributed by atoms with van der Waals surface area (Å²) in [6.45, 7) is 0. The third-order valence-corrected chi connectivity index (χ3v) is 1.80. The molecule has 1 aromatic carbocycles. The number of hydrogen-bond acceptors (Lipinski definition) is 5. The highest BCUT2D eigenvalue weighted by atomic mass is 16.9. The second kappa shape index (κ2) is 8.05. The Hall–Kier alpha value is -2.15. The predicted octanol–water partition coefficient (Wildman–Crippen LogP) is 0.382. The van der Waals surface area contributed by atoms with E-state index in [1.165, 1.54) is 7.11 Å². The van der Waals surface area contributed by atoms with Crippen LogP contribution in [0.25, 0.3) is 0 Å². The Morgan fingerprint density at radius 1 is 1.53 bits per heavy atom. The highest BCUT2D eigenvalue weighted by Gasteiger charge is 2.13. The Balaban J connectivity index is 0.000000557. The van der Waals surface area contributed by atoms with Gasteiger partial charge in [0.25, 0.3) is 5.09 Å². The van der Waals surface area contributed by atoms with E-state index in [9.17, 15) is 4.79 Å². The average molecular weight is 242 g/mol. The quantitative estimate of drug-likeness (QED) is 0.449. The zero-order chi connectivity index (χ0) is 13.3. The van der Waals surface area contributed by atoms with Crippen molar-refractivity contribution in [2.24, 2.45) is 5.73 Å². The maximum atomic E-state index is 11.0. The fourth-order valence-corrected chi connectivity index (χ4v) is 1.10. The minimum absolute atomic E-state index is 0.371. The summed E-state index contributed by atoms with van der Waals surface area (Å²) in [5, 5.41) is 13.6. The molecule has 0 spiro atoms. The van der Waals surface area contributed by atoms with Crippen LogP contribution in [0.2, 0.25) is 0 Å². The van der Waals surface area contributed by atoms with Gasteiger partial charge in [-0.2, -0.15) is 0 Å². The Morgan fingerprint density at radius 2 is 2.00 bits per heavy atom. The Bertz CT molecular complexity index is 351. The summed E-state index contributed by atoms with van der Waals surface area (Å²) >= 11 is 0. The molecule has 3 N–H and O–H groups in total. The van der Waals surface area contributed by atoms with Gasteiger partial charge in [0, 0.05) is 0 Å². The zero-order valence-electron chi connectivity index (χ0n) is 9.28. The van der Waals surface area contributed by atoms with E-state index in [1.807, 2.05) is 30.3 Å². The van der Waals surface area contributed by atoms with Crippen LogP contribution in [0.5, 0.6) is 0 Å². The molecule has 7 heteroatoms. The summed E-state index contributed by atoms with van der Waals surface area (Å²) in [6, 6.07) is 9.06. The summed E-state index contributed by atoms with van der Waals surface area (Å²) < 4.78 is 4.52. The van der Waals surface area contributed by atoms with Crippen molar-refractivity contribution in [1.82, 2.24) is 0 Å². The lowest BCUT2D eigenvalue weighted by molar-refractivity contribution is -0.742. The van der Waals surface area contributed by atoms with Crippen LogP contribution in [0, 0.1) is 10.1 Å². The van der Waals surface area contributed by atoms with E-state index in [4.69, 9.17) is 21.1 Å². The van der Waals surface area contributed by atoms with Gasteiger partial charge in [-0.1, -0.05) is 30.3 Å². The van der Waals surface area contributed by atoms with Crippen molar-refractivity contribution in [2.45, 2.75) is 12.5 Å². The second-order valence-corrected chi connectivity index (χ2v) is 3.06. The van der Waals surface area contributed by atoms with Gasteiger partial charge in [0.2, 0.25) is 0 Å². The van der Waals surface area contributed by atoms with Crippen molar-refractivity contribution in [3.63, 3.8) is 0 Å². The van der Waals surface area contributed by atoms with E-state index in [0.717, 1.165) is 5.56 Å². The molecule has 0 heterocycles. The van der Waals surface area contributed by atoms with Gasteiger partial charge in [-0.3, -0.25) is 4.79 Å². The maximum absolute atomic E-state index is 11.0. The molecule has 7 nitrogen and oxygen atoms in total. The number of hydrogen-bond donors (Lipinski definition) is 2. The molecule has 0 bridgehead atoms. The van der Waals surface area contributed by atoms with Gasteiger partial charge in [-0.25, -0.2) is 0 Å². The van der Waals surface area contributed by atoms with Crippen LogP contribution in [0.3, 0.4) is 0 Å². The lowest BCUT2D eigenvalue weighted by Crippen LogP contribution is -2.33. The van der Waals surface area contributed by atoms with E-state index in [2.05, 4.69) is 4.74 Å². The summed E-state index contributed by atoms with van der Waals surface area (Å²) in [7, 11) is 1.34. The molecule has 17 heavy (non-hydrogen) atoms. The fourth-order valence-electron chi connectivity index (χ4n) is 1.10. The first-order valence-electron chi connectivity index (χ1n) is 4.68. The molecule has 0 aromatic heterocycles. The molecule has 0 saturated heterocycles. The third kappa shape index (κ3) is 7.74. The number of carbonyl (C=O) groups excluding carboxylic acids is 1. The molecule has 1 rings (SSSR count). The second-order valence-electron chi connectivity index (χ2n) is 3.06. The summed E-state index contributed by atoms with van der Waals surface area (Å²) in [4.78, 5) is 19.3. The smallest absolute Gasteiger partial charge is 0.322 e. The van der Waals surface area contributed by atoms with Crippen molar-refractivity contribution >= 4 is 5.97 Å². The van der Waals surface area contributed by atoms with Crippen LogP contribution in [0.4, 0.5) is 0 Å². The van der Waals surface area contributed by atoms with Gasteiger partial charge < -0.3 is 15.7 Å². The average Bonchev–Trinajstić information content (AvgIpc) is 2.28. The molecule has 0 fully saturated rings. The van der Waals surface area contributed by atoms with Gasteiger partial charge in [-0.15, -0.1) is 10.1 Å². The summed E-state index contributed by atoms with van der Waals surface area (Å²) in [6.07, 6.45) is 0.521. The van der Waals surface area contributed by atoms with Gasteiger partial charge in [0.05, 0.1) is 7.11 Å². The molecule has 0 aliphatic heterocycles. The topological polar surface area (TPSA) is 116 Å². The number of nitrogens with zero attached hydrogens (tertiary/aromatic N) is 1. The van der Waals surface area contributed by atoms with Crippen LogP contribution in [0.1, 0.15) is 5.56 Å². The summed E-state index contributed by atoms with van der Waals surface area (Å²) in [5.41, 5.74) is 6.63. The van der Waals surface area contributed by atoms with Crippen LogP contribution in [-0.2, 0) is 16.0 Å². The number of esters is 1. The molecule has 0 unspecified atom stereocenters. The lowest BCUT2D eigenvalue weighted by atomic mass is 10.1. The van der Waals surface area contributed by atoms with Crippen molar-refractivity contribution in [3.05, 3.63) is 46.0 Å². The van der Waals surface area contributed by atoms with Gasteiger partial charge >= 0.3 is 5.97 Å². The van der Waals surface area contributed by atoms with E-state index in [0.29, 0.717) is 6.42 Å². The molecule has 0 radical (unpaired) electrons. The van der Waals surface area contributed by atoms with E-state index < -0.39 is 11.1 Å². The monoisotopic (exact) mass is 242 g/mol. The highest BCUT2D eigenvalue weighted by molar-refractivity contribution is 5.75. The first-order valence-corrected chi connectivity index (χ1v) is 4.68. The number of rotatable bonds is 3. The number of carbonyl (C=O) groups is 1. The predicted molar refractivity (Wildman–Crippen MR) is 58.9 cm³/mol. The SMILES string of the molecule is COC(=O)[C@@H](N)Cc1ccccc1.O=[N+]([O-])O. The molecule has 0 aliphatic carbocycles. The third-order valence-electron chi connectivity index (χ3n) is 1.80. The molecule has 94 valence electrons. The zero-order valence-corrected chi connectivity index (χ0v) is 9.28. The number of benzene rings is 1. The Labute approximate surface area is 97.9 Å². The number of ether oxygens (including phenoxy) is 1. The van der Waals surface area contributed by atoms with Crippen molar-refractivity contribution in [2.75, 3.05) is 7.11 Å². The van der Waals surface area contributed by atoms with Crippen LogP contribution in [0.15, 0.2) is 30.3 Å². The number of methoxy groups -OCH3 is 1. The first kappa shape index (κ1) is 14.8. The summed E-state index contributed by atoms with van der Waals surface area (Å²) in [5.74, 6) is -0.371. The molecular weight excluding hydrogens is 228 g/mol. The van der Waals surface area contributed by atoms with E-state index in [-0.39, 0.29) is 5.97 Å². The molecule has 0 amide bonds. The van der Waals surface area contributed by atoms with Gasteiger partial charge in [0.1, 0.15) is 6.04 Å². The van der Waals surface area contributed by atoms with Crippen molar-refractivity contribution in [3.8, 4) is 0 Å². The first-order chi connectivity index (χ1) is 7.97. The van der Waals surface area contributed by atoms with E-state index >= 15 is 0 Å². The number of nitrogens with two attached hydrogens (primary N) is 1. The van der Waals surface area contributed by atoms with Crippen molar-refractivity contribution < 1.29 is 19.8 Å². The molecule has 1 atom stereocenters. The fraction of sp³-hybridized carbons (Fsp3) is 0.300. The molecule has 1 aromatic rings. The maximum Gasteiger partial charge on any atom is 0.322 e. The lowest BCUT2D eigenvalue weighted by Gasteiger charge is -2.08. The van der Waals surface area contributed by atoms with Gasteiger partial charge in [0.15, 0.2) is 0 Å². The minimum atomic E-state index is -1.50. The van der Waals surface area contributed by atoms with Crippen LogP contribution in [-0.4, -0.2) is 29.4 Å².